The molecule has 0 radical (unpaired) electrons. The second-order valence-electron chi connectivity index (χ2n) is 7.36. The summed E-state index contributed by atoms with van der Waals surface area (Å²) in [6.07, 6.45) is 0.514. The first-order valence-corrected chi connectivity index (χ1v) is 10.2. The summed E-state index contributed by atoms with van der Waals surface area (Å²) in [6.45, 7) is 4.56. The van der Waals surface area contributed by atoms with E-state index in [1.165, 1.54) is 5.56 Å². The fourth-order valence-electron chi connectivity index (χ4n) is 3.06. The van der Waals surface area contributed by atoms with Gasteiger partial charge in [0.2, 0.25) is 0 Å². The number of rotatable bonds is 12. The highest BCUT2D eigenvalue weighted by molar-refractivity contribution is 5.14. The van der Waals surface area contributed by atoms with Crippen LogP contribution in [0.4, 0.5) is 0 Å². The molecule has 0 aliphatic carbocycles. The summed E-state index contributed by atoms with van der Waals surface area (Å²) < 4.78 is 18.1. The van der Waals surface area contributed by atoms with Crippen LogP contribution in [-0.2, 0) is 34.0 Å². The summed E-state index contributed by atoms with van der Waals surface area (Å²) in [5, 5.41) is 0. The molecule has 0 aliphatic heterocycles. The summed E-state index contributed by atoms with van der Waals surface area (Å²) in [5.41, 5.74) is 3.49. The molecular formula is C26H30O3. The predicted octanol–water partition coefficient (Wildman–Crippen LogP) is 5.99. The Balaban J connectivity index is 1.48. The van der Waals surface area contributed by atoms with Crippen molar-refractivity contribution in [2.75, 3.05) is 6.61 Å². The lowest BCUT2D eigenvalue weighted by Crippen LogP contribution is -2.22. The zero-order valence-corrected chi connectivity index (χ0v) is 17.1. The van der Waals surface area contributed by atoms with Crippen LogP contribution in [0.25, 0.3) is 0 Å². The Bertz CT molecular complexity index is 746. The first-order chi connectivity index (χ1) is 14.3. The van der Waals surface area contributed by atoms with Crippen LogP contribution in [-0.4, -0.2) is 12.9 Å². The maximum atomic E-state index is 6.11. The average Bonchev–Trinajstić information content (AvgIpc) is 2.78. The zero-order chi connectivity index (χ0) is 20.2. The Labute approximate surface area is 174 Å². The monoisotopic (exact) mass is 390 g/mol. The van der Waals surface area contributed by atoms with E-state index >= 15 is 0 Å². The van der Waals surface area contributed by atoms with Crippen LogP contribution < -0.4 is 0 Å². The van der Waals surface area contributed by atoms with Gasteiger partial charge in [0.15, 0.2) is 6.29 Å². The smallest absolute Gasteiger partial charge is 0.158 e. The lowest BCUT2D eigenvalue weighted by molar-refractivity contribution is -0.167. The summed E-state index contributed by atoms with van der Waals surface area (Å²) in [7, 11) is 0. The second kappa shape index (κ2) is 12.2. The minimum atomic E-state index is -0.272. The topological polar surface area (TPSA) is 27.7 Å². The van der Waals surface area contributed by atoms with E-state index in [0.29, 0.717) is 32.3 Å². The van der Waals surface area contributed by atoms with Crippen molar-refractivity contribution in [1.82, 2.24) is 0 Å². The second-order valence-corrected chi connectivity index (χ2v) is 7.36. The van der Waals surface area contributed by atoms with E-state index < -0.39 is 0 Å². The molecule has 152 valence electrons. The molecular weight excluding hydrogens is 360 g/mol. The largest absolute Gasteiger partial charge is 0.376 e. The van der Waals surface area contributed by atoms with Crippen LogP contribution in [0.2, 0.25) is 0 Å². The standard InChI is InChI=1S/C26H30O3/c1-22(18-27-19-23-11-5-2-6-12-23)17-26(28-20-24-13-7-3-8-14-24)29-21-25-15-9-4-10-16-25/h2-16,22,26H,17-21H2,1H3. The lowest BCUT2D eigenvalue weighted by Gasteiger charge is -2.22. The molecule has 0 fully saturated rings. The van der Waals surface area contributed by atoms with Crippen molar-refractivity contribution in [3.63, 3.8) is 0 Å². The highest BCUT2D eigenvalue weighted by Gasteiger charge is 2.15. The molecule has 0 amide bonds. The molecule has 29 heavy (non-hydrogen) atoms. The van der Waals surface area contributed by atoms with Crippen molar-refractivity contribution in [3.05, 3.63) is 108 Å². The third-order valence-electron chi connectivity index (χ3n) is 4.67. The highest BCUT2D eigenvalue weighted by Crippen LogP contribution is 2.16. The molecule has 3 nitrogen and oxygen atoms in total. The molecule has 0 N–H and O–H groups in total. The number of benzene rings is 3. The van der Waals surface area contributed by atoms with E-state index in [2.05, 4.69) is 43.3 Å². The summed E-state index contributed by atoms with van der Waals surface area (Å²) >= 11 is 0. The number of hydrogen-bond acceptors (Lipinski definition) is 3. The van der Waals surface area contributed by atoms with E-state index in [4.69, 9.17) is 14.2 Å². The molecule has 1 atom stereocenters. The van der Waals surface area contributed by atoms with Crippen molar-refractivity contribution in [1.29, 1.82) is 0 Å². The van der Waals surface area contributed by atoms with Gasteiger partial charge in [-0.1, -0.05) is 97.9 Å². The zero-order valence-electron chi connectivity index (χ0n) is 17.1. The van der Waals surface area contributed by atoms with Crippen molar-refractivity contribution in [2.24, 2.45) is 5.92 Å². The molecule has 0 aliphatic rings. The molecule has 1 unspecified atom stereocenters. The Morgan fingerprint density at radius 2 is 1.00 bits per heavy atom. The number of hydrogen-bond donors (Lipinski definition) is 0. The van der Waals surface area contributed by atoms with Crippen molar-refractivity contribution < 1.29 is 14.2 Å². The van der Waals surface area contributed by atoms with Gasteiger partial charge in [-0.05, 0) is 22.6 Å². The van der Waals surface area contributed by atoms with Crippen LogP contribution >= 0.6 is 0 Å². The van der Waals surface area contributed by atoms with Gasteiger partial charge < -0.3 is 14.2 Å². The maximum absolute atomic E-state index is 6.11. The summed E-state index contributed by atoms with van der Waals surface area (Å²) in [6, 6.07) is 30.7. The molecule has 0 heterocycles. The predicted molar refractivity (Wildman–Crippen MR) is 116 cm³/mol. The van der Waals surface area contributed by atoms with Gasteiger partial charge in [0.25, 0.3) is 0 Å². The number of ether oxygens (including phenoxy) is 3. The fraction of sp³-hybridized carbons (Fsp3) is 0.308. The van der Waals surface area contributed by atoms with Gasteiger partial charge in [-0.3, -0.25) is 0 Å². The molecule has 0 bridgehead atoms. The first kappa shape index (κ1) is 21.3. The maximum Gasteiger partial charge on any atom is 0.158 e. The Morgan fingerprint density at radius 3 is 1.45 bits per heavy atom. The highest BCUT2D eigenvalue weighted by atomic mass is 16.7. The van der Waals surface area contributed by atoms with Crippen LogP contribution in [0.1, 0.15) is 30.0 Å². The Morgan fingerprint density at radius 1 is 0.586 bits per heavy atom. The van der Waals surface area contributed by atoms with Crippen LogP contribution in [0.3, 0.4) is 0 Å². The summed E-state index contributed by atoms with van der Waals surface area (Å²) in [5.74, 6) is 0.329. The van der Waals surface area contributed by atoms with Gasteiger partial charge in [-0.25, -0.2) is 0 Å². The molecule has 3 heteroatoms. The van der Waals surface area contributed by atoms with Gasteiger partial charge in [0.05, 0.1) is 19.8 Å². The molecule has 3 aromatic carbocycles. The van der Waals surface area contributed by atoms with Gasteiger partial charge in [0, 0.05) is 13.0 Å². The molecule has 0 aromatic heterocycles. The van der Waals surface area contributed by atoms with Gasteiger partial charge in [-0.15, -0.1) is 0 Å². The SMILES string of the molecule is CC(COCc1ccccc1)CC(OCc1ccccc1)OCc1ccccc1. The average molecular weight is 391 g/mol. The first-order valence-electron chi connectivity index (χ1n) is 10.2. The van der Waals surface area contributed by atoms with Crippen LogP contribution in [0, 0.1) is 5.92 Å². The Hall–Kier alpha value is -2.46. The third-order valence-corrected chi connectivity index (χ3v) is 4.67. The fourth-order valence-corrected chi connectivity index (χ4v) is 3.06. The van der Waals surface area contributed by atoms with Crippen LogP contribution in [0.5, 0.6) is 0 Å². The molecule has 0 saturated carbocycles. The van der Waals surface area contributed by atoms with Gasteiger partial charge in [0.1, 0.15) is 0 Å². The molecule has 3 rings (SSSR count). The lowest BCUT2D eigenvalue weighted by atomic mass is 10.1. The van der Waals surface area contributed by atoms with Crippen molar-refractivity contribution in [2.45, 2.75) is 39.5 Å². The third kappa shape index (κ3) is 8.20. The quantitative estimate of drug-likeness (QED) is 0.356. The van der Waals surface area contributed by atoms with Crippen LogP contribution in [0.15, 0.2) is 91.0 Å². The normalized spacial score (nSPS) is 12.2. The van der Waals surface area contributed by atoms with Gasteiger partial charge in [-0.2, -0.15) is 0 Å². The van der Waals surface area contributed by atoms with Crippen molar-refractivity contribution in [3.8, 4) is 0 Å². The van der Waals surface area contributed by atoms with Gasteiger partial charge >= 0.3 is 0 Å². The summed E-state index contributed by atoms with van der Waals surface area (Å²) in [4.78, 5) is 0. The molecule has 0 saturated heterocycles. The minimum Gasteiger partial charge on any atom is -0.376 e. The van der Waals surface area contributed by atoms with E-state index in [0.717, 1.165) is 17.5 Å². The Kier molecular flexibility index (Phi) is 8.92. The van der Waals surface area contributed by atoms with Crippen molar-refractivity contribution >= 4 is 0 Å². The van der Waals surface area contributed by atoms with E-state index in [-0.39, 0.29) is 6.29 Å². The minimum absolute atomic E-state index is 0.272. The molecule has 3 aromatic rings. The van der Waals surface area contributed by atoms with E-state index in [9.17, 15) is 0 Å². The van der Waals surface area contributed by atoms with E-state index in [1.54, 1.807) is 0 Å². The molecule has 0 spiro atoms. The van der Waals surface area contributed by atoms with E-state index in [1.807, 2.05) is 54.6 Å².